The lowest BCUT2D eigenvalue weighted by Crippen LogP contribution is -2.44. The molecule has 0 spiro atoms. The molecule has 2 heterocycles. The van der Waals surface area contributed by atoms with Crippen molar-refractivity contribution < 1.29 is 4.74 Å². The number of nitrogens with two attached hydrogens (primary N) is 1. The molecule has 0 radical (unpaired) electrons. The second kappa shape index (κ2) is 5.54. The first-order chi connectivity index (χ1) is 10.2. The number of nitrogens with zero attached hydrogens (tertiary/aromatic N) is 3. The van der Waals surface area contributed by atoms with Gasteiger partial charge in [0, 0.05) is 29.1 Å². The van der Waals surface area contributed by atoms with E-state index in [0.29, 0.717) is 30.3 Å². The average Bonchev–Trinajstić information content (AvgIpc) is 2.46. The van der Waals surface area contributed by atoms with Gasteiger partial charge in [-0.05, 0) is 31.9 Å². The smallest absolute Gasteiger partial charge is 0.222 e. The molecule has 1 aliphatic carbocycles. The SMILES string of the molecule is CCOc1nc(C#N)cc2cnc(N[C@H]3C[C@H](N)C3)cc12. The quantitative estimate of drug-likeness (QED) is 0.888. The Hall–Kier alpha value is -2.39. The maximum absolute atomic E-state index is 9.01. The molecule has 108 valence electrons. The normalized spacial score (nSPS) is 20.6. The van der Waals surface area contributed by atoms with Crippen LogP contribution in [0.5, 0.6) is 5.88 Å². The Kier molecular flexibility index (Phi) is 3.59. The fraction of sp³-hybridized carbons (Fsp3) is 0.400. The van der Waals surface area contributed by atoms with Gasteiger partial charge < -0.3 is 15.8 Å². The maximum Gasteiger partial charge on any atom is 0.222 e. The number of aromatic nitrogens is 2. The molecule has 2 aromatic rings. The molecular formula is C15H17N5O. The fourth-order valence-corrected chi connectivity index (χ4v) is 2.49. The Morgan fingerprint density at radius 3 is 2.95 bits per heavy atom. The van der Waals surface area contributed by atoms with Crippen LogP contribution in [0.4, 0.5) is 5.82 Å². The van der Waals surface area contributed by atoms with Gasteiger partial charge in [0.25, 0.3) is 0 Å². The summed E-state index contributed by atoms with van der Waals surface area (Å²) in [6.45, 7) is 2.39. The molecular weight excluding hydrogens is 266 g/mol. The van der Waals surface area contributed by atoms with Crippen LogP contribution in [0.2, 0.25) is 0 Å². The van der Waals surface area contributed by atoms with E-state index in [1.165, 1.54) is 0 Å². The highest BCUT2D eigenvalue weighted by atomic mass is 16.5. The van der Waals surface area contributed by atoms with Crippen molar-refractivity contribution in [3.05, 3.63) is 24.0 Å². The largest absolute Gasteiger partial charge is 0.477 e. The van der Waals surface area contributed by atoms with E-state index in [4.69, 9.17) is 15.7 Å². The first kappa shape index (κ1) is 13.6. The van der Waals surface area contributed by atoms with E-state index in [9.17, 15) is 0 Å². The molecule has 1 aliphatic rings. The molecule has 0 atom stereocenters. The minimum absolute atomic E-state index is 0.293. The number of pyridine rings is 2. The number of fused-ring (bicyclic) bond motifs is 1. The van der Waals surface area contributed by atoms with Crippen molar-refractivity contribution in [1.82, 2.24) is 9.97 Å². The minimum atomic E-state index is 0.293. The van der Waals surface area contributed by atoms with E-state index in [1.807, 2.05) is 19.1 Å². The monoisotopic (exact) mass is 283 g/mol. The molecule has 6 nitrogen and oxygen atoms in total. The van der Waals surface area contributed by atoms with Crippen LogP contribution < -0.4 is 15.8 Å². The Bertz CT molecular complexity index is 703. The van der Waals surface area contributed by atoms with Gasteiger partial charge in [-0.25, -0.2) is 9.97 Å². The summed E-state index contributed by atoms with van der Waals surface area (Å²) in [6, 6.07) is 6.35. The van der Waals surface area contributed by atoms with E-state index in [-0.39, 0.29) is 0 Å². The number of nitriles is 1. The summed E-state index contributed by atoms with van der Waals surface area (Å²) in [6.07, 6.45) is 3.66. The van der Waals surface area contributed by atoms with Gasteiger partial charge >= 0.3 is 0 Å². The number of hydrogen-bond donors (Lipinski definition) is 2. The van der Waals surface area contributed by atoms with E-state index in [1.54, 1.807) is 12.3 Å². The first-order valence-electron chi connectivity index (χ1n) is 7.05. The first-order valence-corrected chi connectivity index (χ1v) is 7.05. The summed E-state index contributed by atoms with van der Waals surface area (Å²) < 4.78 is 5.54. The summed E-state index contributed by atoms with van der Waals surface area (Å²) in [5.41, 5.74) is 6.12. The zero-order valence-electron chi connectivity index (χ0n) is 11.8. The van der Waals surface area contributed by atoms with Gasteiger partial charge in [0.1, 0.15) is 17.6 Å². The number of hydrogen-bond acceptors (Lipinski definition) is 6. The zero-order valence-corrected chi connectivity index (χ0v) is 11.8. The summed E-state index contributed by atoms with van der Waals surface area (Å²) in [5.74, 6) is 1.26. The lowest BCUT2D eigenvalue weighted by molar-refractivity contribution is 0.331. The molecule has 0 aliphatic heterocycles. The van der Waals surface area contributed by atoms with E-state index < -0.39 is 0 Å². The average molecular weight is 283 g/mol. The molecule has 1 saturated carbocycles. The maximum atomic E-state index is 9.01. The summed E-state index contributed by atoms with van der Waals surface area (Å²) in [7, 11) is 0. The van der Waals surface area contributed by atoms with Crippen molar-refractivity contribution in [3.63, 3.8) is 0 Å². The Labute approximate surface area is 122 Å². The highest BCUT2D eigenvalue weighted by Crippen LogP contribution is 2.28. The van der Waals surface area contributed by atoms with Gasteiger partial charge in [-0.1, -0.05) is 0 Å². The molecule has 6 heteroatoms. The Balaban J connectivity index is 1.95. The van der Waals surface area contributed by atoms with E-state index >= 15 is 0 Å². The van der Waals surface area contributed by atoms with Crippen LogP contribution in [-0.4, -0.2) is 28.7 Å². The molecule has 2 aromatic heterocycles. The number of nitrogens with one attached hydrogen (secondary N) is 1. The third kappa shape index (κ3) is 2.73. The van der Waals surface area contributed by atoms with Crippen LogP contribution in [0.25, 0.3) is 10.8 Å². The molecule has 0 saturated heterocycles. The zero-order chi connectivity index (χ0) is 14.8. The second-order valence-electron chi connectivity index (χ2n) is 5.22. The van der Waals surface area contributed by atoms with Crippen LogP contribution in [0.3, 0.4) is 0 Å². The molecule has 0 unspecified atom stereocenters. The molecule has 21 heavy (non-hydrogen) atoms. The molecule has 3 rings (SSSR count). The van der Waals surface area contributed by atoms with Crippen molar-refractivity contribution >= 4 is 16.6 Å². The number of anilines is 1. The van der Waals surface area contributed by atoms with Gasteiger partial charge in [-0.15, -0.1) is 0 Å². The predicted molar refractivity (Wildman–Crippen MR) is 80.0 cm³/mol. The number of rotatable bonds is 4. The summed E-state index contributed by atoms with van der Waals surface area (Å²) >= 11 is 0. The summed E-state index contributed by atoms with van der Waals surface area (Å²) in [5, 5.41) is 14.1. The van der Waals surface area contributed by atoms with Gasteiger partial charge in [-0.3, -0.25) is 0 Å². The van der Waals surface area contributed by atoms with Crippen molar-refractivity contribution in [2.24, 2.45) is 5.73 Å². The molecule has 1 fully saturated rings. The van der Waals surface area contributed by atoms with Gasteiger partial charge in [0.2, 0.25) is 5.88 Å². The predicted octanol–water partition coefficient (Wildman–Crippen LogP) is 1.80. The molecule has 3 N–H and O–H groups in total. The Morgan fingerprint density at radius 1 is 1.48 bits per heavy atom. The summed E-state index contributed by atoms with van der Waals surface area (Å²) in [4.78, 5) is 8.60. The molecule has 0 aromatic carbocycles. The van der Waals surface area contributed by atoms with Crippen molar-refractivity contribution in [2.75, 3.05) is 11.9 Å². The molecule has 0 amide bonds. The van der Waals surface area contributed by atoms with Crippen molar-refractivity contribution in [2.45, 2.75) is 31.8 Å². The standard InChI is InChI=1S/C15H17N5O/c1-2-21-15-13-6-14(19-11-4-10(17)5-11)18-8-9(13)3-12(7-16)20-15/h3,6,8,10-11H,2,4-5,17H2,1H3,(H,18,19)/t10-,11-. The van der Waals surface area contributed by atoms with Crippen LogP contribution in [-0.2, 0) is 0 Å². The fourth-order valence-electron chi connectivity index (χ4n) is 2.49. The van der Waals surface area contributed by atoms with Crippen molar-refractivity contribution in [3.8, 4) is 11.9 Å². The lowest BCUT2D eigenvalue weighted by Gasteiger charge is -2.33. The third-order valence-electron chi connectivity index (χ3n) is 3.60. The highest BCUT2D eigenvalue weighted by molar-refractivity contribution is 5.89. The highest BCUT2D eigenvalue weighted by Gasteiger charge is 2.25. The van der Waals surface area contributed by atoms with Gasteiger partial charge in [0.15, 0.2) is 0 Å². The van der Waals surface area contributed by atoms with Crippen LogP contribution in [0.15, 0.2) is 18.3 Å². The van der Waals surface area contributed by atoms with Crippen LogP contribution >= 0.6 is 0 Å². The van der Waals surface area contributed by atoms with E-state index in [2.05, 4.69) is 15.3 Å². The number of ether oxygens (including phenoxy) is 1. The van der Waals surface area contributed by atoms with Gasteiger partial charge in [-0.2, -0.15) is 5.26 Å². The van der Waals surface area contributed by atoms with Crippen LogP contribution in [0.1, 0.15) is 25.5 Å². The second-order valence-corrected chi connectivity index (χ2v) is 5.22. The van der Waals surface area contributed by atoms with Crippen molar-refractivity contribution in [1.29, 1.82) is 5.26 Å². The van der Waals surface area contributed by atoms with Crippen LogP contribution in [0, 0.1) is 11.3 Å². The van der Waals surface area contributed by atoms with E-state index in [0.717, 1.165) is 29.4 Å². The third-order valence-corrected chi connectivity index (χ3v) is 3.60. The minimum Gasteiger partial charge on any atom is -0.477 e. The molecule has 0 bridgehead atoms. The topological polar surface area (TPSA) is 96.8 Å². The lowest BCUT2D eigenvalue weighted by atomic mass is 9.88. The van der Waals surface area contributed by atoms with Gasteiger partial charge in [0.05, 0.1) is 6.61 Å². The Morgan fingerprint density at radius 2 is 2.29 bits per heavy atom.